The number of carbonyl (C=O) groups is 3. The van der Waals surface area contributed by atoms with Crippen molar-refractivity contribution in [3.05, 3.63) is 87.0 Å². The van der Waals surface area contributed by atoms with Gasteiger partial charge in [-0.05, 0) is 76.9 Å². The number of fused-ring (bicyclic) bond motifs is 3. The summed E-state index contributed by atoms with van der Waals surface area (Å²) in [6.07, 6.45) is -0.602. The number of carboxylic acid groups (broad SMARTS) is 1. The monoisotopic (exact) mass is 584 g/mol. The quantitative estimate of drug-likeness (QED) is 0.319. The van der Waals surface area contributed by atoms with E-state index in [1.54, 1.807) is 19.9 Å². The molecule has 0 aliphatic heterocycles. The normalized spacial score (nSPS) is 12.4. The Bertz CT molecular complexity index is 1260. The van der Waals surface area contributed by atoms with Crippen molar-refractivity contribution in [3.8, 4) is 11.1 Å². The standard InChI is InChI=1S/C27H25IN2O5/c1-27(2,25(33)30-18-12-16(24(31)32)11-17(28)13-18)15-29-26(34)35-14-23-21-9-5-3-7-19(21)20-8-4-6-10-22(20)23/h3-13,23H,14-15H2,1-2H3,(H,29,34)(H,30,33)(H,31,32). The van der Waals surface area contributed by atoms with Gasteiger partial charge in [-0.3, -0.25) is 4.79 Å². The van der Waals surface area contributed by atoms with Crippen LogP contribution in [0.4, 0.5) is 10.5 Å². The summed E-state index contributed by atoms with van der Waals surface area (Å²) in [7, 11) is 0. The number of carbonyl (C=O) groups excluding carboxylic acids is 2. The fourth-order valence-corrected chi connectivity index (χ4v) is 4.78. The molecule has 2 amide bonds. The summed E-state index contributed by atoms with van der Waals surface area (Å²) in [5, 5.41) is 14.7. The van der Waals surface area contributed by atoms with Gasteiger partial charge in [0.05, 0.1) is 11.0 Å². The smallest absolute Gasteiger partial charge is 0.407 e. The minimum atomic E-state index is -1.07. The summed E-state index contributed by atoms with van der Waals surface area (Å²) in [6.45, 7) is 3.62. The second-order valence-corrected chi connectivity index (χ2v) is 10.3. The number of hydrogen-bond acceptors (Lipinski definition) is 4. The van der Waals surface area contributed by atoms with Crippen LogP contribution in [0.2, 0.25) is 0 Å². The second-order valence-electron chi connectivity index (χ2n) is 9.05. The maximum absolute atomic E-state index is 12.8. The van der Waals surface area contributed by atoms with Gasteiger partial charge in [0.1, 0.15) is 6.61 Å². The summed E-state index contributed by atoms with van der Waals surface area (Å²) in [5.41, 5.74) is 4.05. The molecule has 0 fully saturated rings. The molecule has 0 bridgehead atoms. The SMILES string of the molecule is CC(C)(CNC(=O)OCC1c2ccccc2-c2ccccc21)C(=O)Nc1cc(I)cc(C(=O)O)c1. The summed E-state index contributed by atoms with van der Waals surface area (Å²) in [6, 6.07) is 20.8. The van der Waals surface area contributed by atoms with Crippen molar-refractivity contribution >= 4 is 46.2 Å². The largest absolute Gasteiger partial charge is 0.478 e. The highest BCUT2D eigenvalue weighted by atomic mass is 127. The van der Waals surface area contributed by atoms with Gasteiger partial charge < -0.3 is 20.5 Å². The molecule has 8 heteroatoms. The van der Waals surface area contributed by atoms with E-state index in [4.69, 9.17) is 4.74 Å². The molecule has 0 heterocycles. The van der Waals surface area contributed by atoms with Crippen LogP contribution in [0, 0.1) is 8.99 Å². The number of hydrogen-bond donors (Lipinski definition) is 3. The van der Waals surface area contributed by atoms with E-state index in [1.807, 2.05) is 46.9 Å². The molecule has 0 aromatic heterocycles. The Hall–Kier alpha value is -3.40. The van der Waals surface area contributed by atoms with E-state index in [9.17, 15) is 19.5 Å². The molecule has 180 valence electrons. The molecule has 3 N–H and O–H groups in total. The number of ether oxygens (including phenoxy) is 1. The third-order valence-electron chi connectivity index (χ3n) is 6.04. The van der Waals surface area contributed by atoms with Crippen LogP contribution in [-0.2, 0) is 9.53 Å². The number of amides is 2. The third-order valence-corrected chi connectivity index (χ3v) is 6.66. The first kappa shape index (κ1) is 24.7. The minimum Gasteiger partial charge on any atom is -0.478 e. The van der Waals surface area contributed by atoms with Gasteiger partial charge in [0.25, 0.3) is 0 Å². The number of rotatable bonds is 7. The molecule has 4 rings (SSSR count). The minimum absolute atomic E-state index is 0.0468. The molecule has 3 aromatic carbocycles. The second kappa shape index (κ2) is 10.1. The van der Waals surface area contributed by atoms with Crippen LogP contribution in [-0.4, -0.2) is 36.2 Å². The highest BCUT2D eigenvalue weighted by Crippen LogP contribution is 2.44. The zero-order valence-electron chi connectivity index (χ0n) is 19.3. The highest BCUT2D eigenvalue weighted by Gasteiger charge is 2.31. The summed E-state index contributed by atoms with van der Waals surface area (Å²) >= 11 is 1.99. The lowest BCUT2D eigenvalue weighted by atomic mass is 9.92. The van der Waals surface area contributed by atoms with Crippen LogP contribution in [0.15, 0.2) is 66.7 Å². The summed E-state index contributed by atoms with van der Waals surface area (Å²) < 4.78 is 6.23. The summed E-state index contributed by atoms with van der Waals surface area (Å²) in [4.78, 5) is 36.6. The van der Waals surface area contributed by atoms with Crippen LogP contribution in [0.1, 0.15) is 41.3 Å². The van der Waals surface area contributed by atoms with Gasteiger partial charge in [0, 0.05) is 21.7 Å². The Balaban J connectivity index is 1.35. The molecular formula is C27H25IN2O5. The highest BCUT2D eigenvalue weighted by molar-refractivity contribution is 14.1. The molecule has 0 spiro atoms. The molecule has 3 aromatic rings. The van der Waals surface area contributed by atoms with Crippen molar-refractivity contribution in [2.45, 2.75) is 19.8 Å². The van der Waals surface area contributed by atoms with E-state index in [2.05, 4.69) is 34.9 Å². The van der Waals surface area contributed by atoms with Crippen molar-refractivity contribution < 1.29 is 24.2 Å². The van der Waals surface area contributed by atoms with Gasteiger partial charge in [-0.2, -0.15) is 0 Å². The Kier molecular flexibility index (Phi) is 7.11. The average molecular weight is 584 g/mol. The molecule has 35 heavy (non-hydrogen) atoms. The van der Waals surface area contributed by atoms with Gasteiger partial charge in [0.2, 0.25) is 5.91 Å². The van der Waals surface area contributed by atoms with E-state index in [0.717, 1.165) is 22.3 Å². The van der Waals surface area contributed by atoms with E-state index < -0.39 is 17.5 Å². The van der Waals surface area contributed by atoms with Crippen molar-refractivity contribution in [2.75, 3.05) is 18.5 Å². The first-order valence-corrected chi connectivity index (χ1v) is 12.2. The number of benzene rings is 3. The maximum Gasteiger partial charge on any atom is 0.407 e. The molecule has 7 nitrogen and oxygen atoms in total. The Morgan fingerprint density at radius 3 is 2.17 bits per heavy atom. The van der Waals surface area contributed by atoms with Gasteiger partial charge in [-0.25, -0.2) is 9.59 Å². The van der Waals surface area contributed by atoms with Gasteiger partial charge in [-0.15, -0.1) is 0 Å². The lowest BCUT2D eigenvalue weighted by molar-refractivity contribution is -0.123. The molecule has 1 aliphatic rings. The van der Waals surface area contributed by atoms with Crippen molar-refractivity contribution in [3.63, 3.8) is 0 Å². The zero-order valence-corrected chi connectivity index (χ0v) is 21.5. The van der Waals surface area contributed by atoms with Crippen LogP contribution in [0.5, 0.6) is 0 Å². The molecule has 0 radical (unpaired) electrons. The number of nitrogens with one attached hydrogen (secondary N) is 2. The first-order chi connectivity index (χ1) is 16.7. The topological polar surface area (TPSA) is 105 Å². The van der Waals surface area contributed by atoms with Crippen LogP contribution >= 0.6 is 22.6 Å². The van der Waals surface area contributed by atoms with Crippen LogP contribution in [0.3, 0.4) is 0 Å². The molecule has 0 saturated heterocycles. The van der Waals surface area contributed by atoms with Crippen molar-refractivity contribution in [2.24, 2.45) is 5.41 Å². The molecule has 0 saturated carbocycles. The lowest BCUT2D eigenvalue weighted by Crippen LogP contribution is -2.42. The molecular weight excluding hydrogens is 559 g/mol. The Morgan fingerprint density at radius 2 is 1.57 bits per heavy atom. The Labute approximate surface area is 217 Å². The number of anilines is 1. The van der Waals surface area contributed by atoms with E-state index in [0.29, 0.717) is 9.26 Å². The molecule has 0 unspecified atom stereocenters. The maximum atomic E-state index is 12.8. The zero-order chi connectivity index (χ0) is 25.2. The summed E-state index contributed by atoms with van der Waals surface area (Å²) in [5.74, 6) is -1.47. The number of carboxylic acids is 1. The fraction of sp³-hybridized carbons (Fsp3) is 0.222. The molecule has 0 atom stereocenters. The first-order valence-electron chi connectivity index (χ1n) is 11.1. The fourth-order valence-electron chi connectivity index (χ4n) is 4.11. The van der Waals surface area contributed by atoms with Gasteiger partial charge in [-0.1, -0.05) is 48.5 Å². The van der Waals surface area contributed by atoms with E-state index in [1.165, 1.54) is 12.1 Å². The Morgan fingerprint density at radius 1 is 0.971 bits per heavy atom. The third kappa shape index (κ3) is 5.48. The van der Waals surface area contributed by atoms with Crippen molar-refractivity contribution in [1.29, 1.82) is 0 Å². The lowest BCUT2D eigenvalue weighted by Gasteiger charge is -2.24. The molecule has 1 aliphatic carbocycles. The predicted molar refractivity (Wildman–Crippen MR) is 142 cm³/mol. The van der Waals surface area contributed by atoms with Gasteiger partial charge >= 0.3 is 12.1 Å². The van der Waals surface area contributed by atoms with E-state index in [-0.39, 0.29) is 30.5 Å². The van der Waals surface area contributed by atoms with Crippen LogP contribution < -0.4 is 10.6 Å². The van der Waals surface area contributed by atoms with E-state index >= 15 is 0 Å². The van der Waals surface area contributed by atoms with Crippen LogP contribution in [0.25, 0.3) is 11.1 Å². The van der Waals surface area contributed by atoms with Crippen molar-refractivity contribution in [1.82, 2.24) is 5.32 Å². The van der Waals surface area contributed by atoms with Gasteiger partial charge in [0.15, 0.2) is 0 Å². The number of alkyl carbamates (subject to hydrolysis) is 1. The number of aromatic carboxylic acids is 1. The average Bonchev–Trinajstić information content (AvgIpc) is 3.15. The predicted octanol–water partition coefficient (Wildman–Crippen LogP) is 5.49. The number of halogens is 1.